The topological polar surface area (TPSA) is 125 Å². The third-order valence-electron chi connectivity index (χ3n) is 7.43. The van der Waals surface area contributed by atoms with E-state index in [9.17, 15) is 24.0 Å². The second-order valence-electron chi connectivity index (χ2n) is 13.1. The van der Waals surface area contributed by atoms with Gasteiger partial charge in [0, 0.05) is 12.3 Å². The number of rotatable bonds is 20. The molecule has 1 amide bonds. The van der Waals surface area contributed by atoms with E-state index in [0.29, 0.717) is 18.8 Å². The zero-order valence-corrected chi connectivity index (χ0v) is 31.5. The maximum atomic E-state index is 12.5. The van der Waals surface area contributed by atoms with Crippen LogP contribution in [0.2, 0.25) is 0 Å². The average molecular weight is 639 g/mol. The summed E-state index contributed by atoms with van der Waals surface area (Å²) in [5, 5.41) is 8.80. The van der Waals surface area contributed by atoms with Crippen LogP contribution in [0.25, 0.3) is 0 Å². The number of ketones is 4. The lowest BCUT2D eigenvalue weighted by Crippen LogP contribution is -2.53. The van der Waals surface area contributed by atoms with Crippen LogP contribution in [0.15, 0.2) is 12.2 Å². The van der Waals surface area contributed by atoms with Crippen LogP contribution in [-0.2, 0) is 24.0 Å². The molecular formula is C36H70N4O5. The maximum absolute atomic E-state index is 12.5. The first-order valence-electron chi connectivity index (χ1n) is 17.0. The van der Waals surface area contributed by atoms with E-state index < -0.39 is 23.7 Å². The average Bonchev–Trinajstić information content (AvgIpc) is 2.97. The maximum Gasteiger partial charge on any atom is 0.237 e. The van der Waals surface area contributed by atoms with Gasteiger partial charge in [-0.15, -0.1) is 0 Å². The van der Waals surface area contributed by atoms with E-state index in [-0.39, 0.29) is 47.3 Å². The smallest absolute Gasteiger partial charge is 0.237 e. The number of nitrogens with zero attached hydrogens (tertiary/aromatic N) is 1. The quantitative estimate of drug-likeness (QED) is 0.0919. The Morgan fingerprint density at radius 3 is 1.58 bits per heavy atom. The Labute approximate surface area is 276 Å². The summed E-state index contributed by atoms with van der Waals surface area (Å²) in [6, 6.07) is -2.16. The number of amides is 1. The lowest BCUT2D eigenvalue weighted by atomic mass is 9.88. The molecule has 0 bridgehead atoms. The molecule has 0 rings (SSSR count). The first kappa shape index (κ1) is 47.2. The molecular weight excluding hydrogens is 568 g/mol. The summed E-state index contributed by atoms with van der Waals surface area (Å²) in [5.41, 5.74) is 0. The fourth-order valence-electron chi connectivity index (χ4n) is 4.50. The predicted octanol–water partition coefficient (Wildman–Crippen LogP) is 5.41. The molecule has 0 aromatic heterocycles. The molecule has 45 heavy (non-hydrogen) atoms. The van der Waals surface area contributed by atoms with Crippen molar-refractivity contribution in [3.05, 3.63) is 12.2 Å². The van der Waals surface area contributed by atoms with Crippen molar-refractivity contribution < 1.29 is 24.0 Å². The van der Waals surface area contributed by atoms with Gasteiger partial charge in [0.1, 0.15) is 6.04 Å². The number of carbonyl (C=O) groups is 5. The van der Waals surface area contributed by atoms with E-state index >= 15 is 0 Å². The van der Waals surface area contributed by atoms with Crippen molar-refractivity contribution in [3.63, 3.8) is 0 Å². The minimum Gasteiger partial charge on any atom is -0.345 e. The van der Waals surface area contributed by atoms with Crippen LogP contribution in [0.5, 0.6) is 0 Å². The van der Waals surface area contributed by atoms with Crippen molar-refractivity contribution in [2.75, 3.05) is 28.2 Å². The van der Waals surface area contributed by atoms with Gasteiger partial charge in [0.2, 0.25) is 17.5 Å². The van der Waals surface area contributed by atoms with Crippen LogP contribution >= 0.6 is 0 Å². The molecule has 0 aliphatic carbocycles. The van der Waals surface area contributed by atoms with Gasteiger partial charge in [0.05, 0.1) is 18.1 Å². The minimum atomic E-state index is -1.01. The first-order chi connectivity index (χ1) is 20.9. The number of Topliss-reactive ketones (excluding diaryl/α,β-unsaturated/α-hetero) is 4. The highest BCUT2D eigenvalue weighted by molar-refractivity contribution is 6.44. The van der Waals surface area contributed by atoms with Gasteiger partial charge < -0.3 is 16.0 Å². The summed E-state index contributed by atoms with van der Waals surface area (Å²) < 4.78 is 0. The molecule has 9 heteroatoms. The third-order valence-corrected chi connectivity index (χ3v) is 7.43. The minimum absolute atomic E-state index is 0.0141. The number of allylic oxidation sites excluding steroid dienone is 2. The number of likely N-dealkylation sites (N-methyl/N-ethyl adjacent to an activating group) is 3. The van der Waals surface area contributed by atoms with Gasteiger partial charge in [0.25, 0.3) is 0 Å². The van der Waals surface area contributed by atoms with Crippen LogP contribution in [0.4, 0.5) is 0 Å². The van der Waals surface area contributed by atoms with Crippen LogP contribution in [0, 0.1) is 23.7 Å². The van der Waals surface area contributed by atoms with Crippen molar-refractivity contribution in [2.45, 2.75) is 139 Å². The monoisotopic (exact) mass is 639 g/mol. The van der Waals surface area contributed by atoms with Gasteiger partial charge in [-0.25, -0.2) is 0 Å². The molecule has 264 valence electrons. The Kier molecular flexibility index (Phi) is 28.2. The number of unbranched alkanes of at least 4 members (excludes halogenated alkanes) is 1. The second kappa shape index (κ2) is 26.9. The Hall–Kier alpha value is -2.23. The van der Waals surface area contributed by atoms with Crippen LogP contribution in [-0.4, -0.2) is 86.3 Å². The van der Waals surface area contributed by atoms with Crippen molar-refractivity contribution in [1.82, 2.24) is 20.9 Å². The molecule has 0 saturated heterocycles. The lowest BCUT2D eigenvalue weighted by molar-refractivity contribution is -0.145. The molecule has 9 nitrogen and oxygen atoms in total. The Morgan fingerprint density at radius 1 is 0.733 bits per heavy atom. The fraction of sp³-hybridized carbons (Fsp3) is 0.806. The lowest BCUT2D eigenvalue weighted by Gasteiger charge is -2.26. The number of hydrogen-bond acceptors (Lipinski definition) is 8. The molecule has 0 aliphatic rings. The van der Waals surface area contributed by atoms with Gasteiger partial charge in [-0.05, 0) is 72.1 Å². The molecule has 0 radical (unpaired) electrons. The summed E-state index contributed by atoms with van der Waals surface area (Å²) in [5.74, 6) is -1.05. The highest BCUT2D eigenvalue weighted by Gasteiger charge is 2.38. The molecule has 0 aliphatic heterocycles. The van der Waals surface area contributed by atoms with Gasteiger partial charge in [-0.3, -0.25) is 28.9 Å². The largest absolute Gasteiger partial charge is 0.345 e. The fourth-order valence-corrected chi connectivity index (χ4v) is 4.50. The van der Waals surface area contributed by atoms with Gasteiger partial charge in [0.15, 0.2) is 11.6 Å². The summed E-state index contributed by atoms with van der Waals surface area (Å²) in [4.78, 5) is 63.2. The van der Waals surface area contributed by atoms with E-state index in [1.165, 1.54) is 17.7 Å². The van der Waals surface area contributed by atoms with E-state index in [4.69, 9.17) is 0 Å². The highest BCUT2D eigenvalue weighted by atomic mass is 16.2. The number of carbonyl (C=O) groups excluding carboxylic acids is 5. The standard InChI is InChI=1S/C17H30N2O3.C15H30N2O2.C4H10/c1-8-9-10-12(4)15(20)14(19(6)7)17(22)16(21)13(18-5)11(2)3;1-7-8-13(18)14(11(4)5)17-15(19)12(16-6)9-10(2)3;1-3-4-2/h8-9,11-14,18H,10H2,1-7H3;10-12,14,16H,7-9H2,1-6H3,(H,17,19);3-4H2,1-2H3/b9-8+;;/t12-,13+,14?;12-,14-;/m10./s1. The summed E-state index contributed by atoms with van der Waals surface area (Å²) in [6.07, 6.45) is 9.09. The van der Waals surface area contributed by atoms with Gasteiger partial charge >= 0.3 is 0 Å². The molecule has 0 aromatic rings. The van der Waals surface area contributed by atoms with E-state index in [1.54, 1.807) is 35.1 Å². The van der Waals surface area contributed by atoms with E-state index in [0.717, 1.165) is 12.8 Å². The number of nitrogens with one attached hydrogen (secondary N) is 3. The summed E-state index contributed by atoms with van der Waals surface area (Å²) in [7, 11) is 6.74. The van der Waals surface area contributed by atoms with Gasteiger partial charge in [-0.1, -0.05) is 94.2 Å². The van der Waals surface area contributed by atoms with E-state index in [1.807, 2.05) is 53.7 Å². The zero-order valence-electron chi connectivity index (χ0n) is 31.5. The van der Waals surface area contributed by atoms with Crippen LogP contribution < -0.4 is 16.0 Å². The molecule has 0 aromatic carbocycles. The predicted molar refractivity (Wildman–Crippen MR) is 188 cm³/mol. The molecule has 0 heterocycles. The Balaban J connectivity index is -0.000000705. The number of hydrogen-bond donors (Lipinski definition) is 3. The van der Waals surface area contributed by atoms with Crippen LogP contribution in [0.3, 0.4) is 0 Å². The molecule has 0 fully saturated rings. The normalized spacial score (nSPS) is 14.6. The van der Waals surface area contributed by atoms with Gasteiger partial charge in [-0.2, -0.15) is 0 Å². The SMILES string of the molecule is C/C=C/C[C@@H](C)C(=O)C(C(=O)C(=O)[C@@H](NC)C(C)C)N(C)C.CCCC.CCCC(=O)[C@@H](NC(=O)[C@H](CC(C)C)NC)C(C)C. The summed E-state index contributed by atoms with van der Waals surface area (Å²) in [6.45, 7) is 21.8. The molecule has 0 spiro atoms. The molecule has 3 N–H and O–H groups in total. The zero-order chi connectivity index (χ0) is 35.9. The van der Waals surface area contributed by atoms with Crippen molar-refractivity contribution in [1.29, 1.82) is 0 Å². The third kappa shape index (κ3) is 19.8. The van der Waals surface area contributed by atoms with Crippen molar-refractivity contribution in [2.24, 2.45) is 23.7 Å². The second-order valence-corrected chi connectivity index (χ2v) is 13.1. The molecule has 0 saturated carbocycles. The van der Waals surface area contributed by atoms with E-state index in [2.05, 4.69) is 43.6 Å². The van der Waals surface area contributed by atoms with Crippen molar-refractivity contribution in [3.8, 4) is 0 Å². The Morgan fingerprint density at radius 2 is 1.24 bits per heavy atom. The van der Waals surface area contributed by atoms with Crippen molar-refractivity contribution >= 4 is 29.0 Å². The van der Waals surface area contributed by atoms with Crippen LogP contribution in [0.1, 0.15) is 115 Å². The highest BCUT2D eigenvalue weighted by Crippen LogP contribution is 2.14. The molecule has 1 unspecified atom stereocenters. The molecule has 5 atom stereocenters. The Bertz CT molecular complexity index is 881. The summed E-state index contributed by atoms with van der Waals surface area (Å²) >= 11 is 0. The first-order valence-corrected chi connectivity index (χ1v) is 17.0.